The number of β-amino-alcohol motifs (C(OH)–C–C–N with tert-alkyl or cyclic N) is 1. The van der Waals surface area contributed by atoms with Gasteiger partial charge in [0.05, 0.1) is 5.60 Å². The van der Waals surface area contributed by atoms with E-state index in [-0.39, 0.29) is 0 Å². The molecule has 3 heteroatoms. The molecular weight excluding hydrogens is 200 g/mol. The number of nitrogens with one attached hydrogen (secondary N) is 1. The molecule has 0 bridgehead atoms. The van der Waals surface area contributed by atoms with E-state index in [1.54, 1.807) is 0 Å². The molecule has 0 radical (unpaired) electrons. The first kappa shape index (κ1) is 13.9. The number of nitrogens with zero attached hydrogens (tertiary/aromatic N) is 1. The third-order valence-corrected chi connectivity index (χ3v) is 3.88. The largest absolute Gasteiger partial charge is 0.389 e. The van der Waals surface area contributed by atoms with Gasteiger partial charge in [-0.3, -0.25) is 4.90 Å². The second-order valence-corrected chi connectivity index (χ2v) is 5.36. The van der Waals surface area contributed by atoms with E-state index < -0.39 is 5.60 Å². The predicted octanol–water partition coefficient (Wildman–Crippen LogP) is 1.61. The molecule has 0 aromatic rings. The van der Waals surface area contributed by atoms with Crippen LogP contribution in [0.2, 0.25) is 0 Å². The van der Waals surface area contributed by atoms with Gasteiger partial charge < -0.3 is 10.4 Å². The van der Waals surface area contributed by atoms with Crippen LogP contribution in [0.5, 0.6) is 0 Å². The summed E-state index contributed by atoms with van der Waals surface area (Å²) in [5, 5.41) is 13.8. The molecule has 1 heterocycles. The van der Waals surface area contributed by atoms with Crippen LogP contribution >= 0.6 is 0 Å². The van der Waals surface area contributed by atoms with Crippen LogP contribution in [0.25, 0.3) is 0 Å². The van der Waals surface area contributed by atoms with Gasteiger partial charge in [-0.05, 0) is 26.2 Å². The van der Waals surface area contributed by atoms with Crippen molar-refractivity contribution in [2.24, 2.45) is 0 Å². The van der Waals surface area contributed by atoms with Crippen LogP contribution in [0.15, 0.2) is 0 Å². The number of hydrogen-bond donors (Lipinski definition) is 2. The molecule has 1 aliphatic rings. The maximum absolute atomic E-state index is 10.2. The minimum absolute atomic E-state index is 0.539. The minimum Gasteiger partial charge on any atom is -0.389 e. The number of rotatable bonds is 5. The summed E-state index contributed by atoms with van der Waals surface area (Å²) in [6.45, 7) is 11.4. The van der Waals surface area contributed by atoms with Gasteiger partial charge in [-0.15, -0.1) is 0 Å². The Morgan fingerprint density at radius 3 is 2.50 bits per heavy atom. The first-order valence-corrected chi connectivity index (χ1v) is 6.72. The summed E-state index contributed by atoms with van der Waals surface area (Å²) in [6, 6.07) is 1.18. The second-order valence-electron chi connectivity index (χ2n) is 5.36. The van der Waals surface area contributed by atoms with Gasteiger partial charge in [0.1, 0.15) is 0 Å². The Balaban J connectivity index is 2.58. The van der Waals surface area contributed by atoms with Gasteiger partial charge in [0, 0.05) is 31.7 Å². The lowest BCUT2D eigenvalue weighted by molar-refractivity contribution is -0.0101. The summed E-state index contributed by atoms with van der Waals surface area (Å²) in [7, 11) is 0. The van der Waals surface area contributed by atoms with Crippen molar-refractivity contribution in [2.45, 2.75) is 64.6 Å². The molecule has 0 aromatic heterocycles. The minimum atomic E-state index is -0.539. The van der Waals surface area contributed by atoms with E-state index >= 15 is 0 Å². The molecule has 1 fully saturated rings. The fraction of sp³-hybridized carbons (Fsp3) is 1.00. The highest BCUT2D eigenvalue weighted by atomic mass is 16.3. The molecule has 0 amide bonds. The van der Waals surface area contributed by atoms with Crippen LogP contribution in [0, 0.1) is 0 Å². The molecule has 16 heavy (non-hydrogen) atoms. The summed E-state index contributed by atoms with van der Waals surface area (Å²) in [6.07, 6.45) is 3.15. The number of piperazine rings is 1. The van der Waals surface area contributed by atoms with E-state index in [4.69, 9.17) is 0 Å². The Labute approximate surface area is 100 Å². The van der Waals surface area contributed by atoms with Crippen molar-refractivity contribution < 1.29 is 5.11 Å². The molecule has 3 nitrogen and oxygen atoms in total. The average Bonchev–Trinajstić information content (AvgIpc) is 2.28. The highest BCUT2D eigenvalue weighted by molar-refractivity contribution is 4.88. The Hall–Kier alpha value is -0.120. The Morgan fingerprint density at radius 1 is 1.31 bits per heavy atom. The highest BCUT2D eigenvalue weighted by Crippen LogP contribution is 2.18. The summed E-state index contributed by atoms with van der Waals surface area (Å²) >= 11 is 0. The first-order chi connectivity index (χ1) is 7.52. The van der Waals surface area contributed by atoms with E-state index in [2.05, 4.69) is 31.0 Å². The van der Waals surface area contributed by atoms with E-state index in [1.165, 1.54) is 6.42 Å². The molecule has 2 N–H and O–H groups in total. The van der Waals surface area contributed by atoms with Crippen LogP contribution < -0.4 is 5.32 Å². The quantitative estimate of drug-likeness (QED) is 0.750. The molecule has 0 aromatic carbocycles. The number of hydrogen-bond acceptors (Lipinski definition) is 3. The molecule has 1 saturated heterocycles. The molecule has 1 aliphatic heterocycles. The first-order valence-electron chi connectivity index (χ1n) is 6.72. The monoisotopic (exact) mass is 228 g/mol. The van der Waals surface area contributed by atoms with E-state index in [9.17, 15) is 5.11 Å². The van der Waals surface area contributed by atoms with Gasteiger partial charge in [0.15, 0.2) is 0 Å². The maximum Gasteiger partial charge on any atom is 0.0743 e. The zero-order chi connectivity index (χ0) is 12.2. The van der Waals surface area contributed by atoms with Crippen LogP contribution in [-0.2, 0) is 0 Å². The molecule has 1 rings (SSSR count). The van der Waals surface area contributed by atoms with Gasteiger partial charge in [0.25, 0.3) is 0 Å². The standard InChI is InChI=1S/C13H28N2O/c1-5-11-9-15(10-13(4,16)7-3)12(6-2)8-14-11/h11-12,14,16H,5-10H2,1-4H3. The third-order valence-electron chi connectivity index (χ3n) is 3.88. The van der Waals surface area contributed by atoms with Crippen molar-refractivity contribution in [3.8, 4) is 0 Å². The Bertz CT molecular complexity index is 206. The average molecular weight is 228 g/mol. The van der Waals surface area contributed by atoms with Gasteiger partial charge >= 0.3 is 0 Å². The fourth-order valence-corrected chi connectivity index (χ4v) is 2.35. The van der Waals surface area contributed by atoms with E-state index in [0.717, 1.165) is 32.5 Å². The van der Waals surface area contributed by atoms with Gasteiger partial charge in [-0.25, -0.2) is 0 Å². The van der Waals surface area contributed by atoms with E-state index in [0.29, 0.717) is 12.1 Å². The van der Waals surface area contributed by atoms with Crippen molar-refractivity contribution >= 4 is 0 Å². The zero-order valence-corrected chi connectivity index (χ0v) is 11.3. The molecule has 0 aliphatic carbocycles. The normalized spacial score (nSPS) is 31.3. The van der Waals surface area contributed by atoms with Crippen LogP contribution in [-0.4, -0.2) is 47.3 Å². The Kier molecular flexibility index (Phi) is 5.22. The second kappa shape index (κ2) is 5.99. The molecule has 0 saturated carbocycles. The fourth-order valence-electron chi connectivity index (χ4n) is 2.35. The lowest BCUT2D eigenvalue weighted by Gasteiger charge is -2.43. The molecule has 3 atom stereocenters. The Morgan fingerprint density at radius 2 is 2.00 bits per heavy atom. The SMILES string of the molecule is CCC1CN(CC(C)(O)CC)C(CC)CN1. The van der Waals surface area contributed by atoms with Crippen LogP contribution in [0.1, 0.15) is 47.0 Å². The molecular formula is C13H28N2O. The smallest absolute Gasteiger partial charge is 0.0743 e. The van der Waals surface area contributed by atoms with Gasteiger partial charge in [-0.2, -0.15) is 0 Å². The van der Waals surface area contributed by atoms with Gasteiger partial charge in [0.2, 0.25) is 0 Å². The van der Waals surface area contributed by atoms with Crippen LogP contribution in [0.4, 0.5) is 0 Å². The van der Waals surface area contributed by atoms with E-state index in [1.807, 2.05) is 6.92 Å². The summed E-state index contributed by atoms with van der Waals surface area (Å²) in [4.78, 5) is 2.47. The zero-order valence-electron chi connectivity index (χ0n) is 11.3. The molecule has 0 spiro atoms. The van der Waals surface area contributed by atoms with Crippen LogP contribution in [0.3, 0.4) is 0 Å². The van der Waals surface area contributed by atoms with Crippen molar-refractivity contribution in [3.05, 3.63) is 0 Å². The maximum atomic E-state index is 10.2. The topological polar surface area (TPSA) is 35.5 Å². The third kappa shape index (κ3) is 3.72. The van der Waals surface area contributed by atoms with Crippen molar-refractivity contribution in [3.63, 3.8) is 0 Å². The predicted molar refractivity (Wildman–Crippen MR) is 68.6 cm³/mol. The van der Waals surface area contributed by atoms with Gasteiger partial charge in [-0.1, -0.05) is 20.8 Å². The summed E-state index contributed by atoms with van der Waals surface area (Å²) < 4.78 is 0. The number of aliphatic hydroxyl groups is 1. The molecule has 96 valence electrons. The van der Waals surface area contributed by atoms with Crippen molar-refractivity contribution in [2.75, 3.05) is 19.6 Å². The lowest BCUT2D eigenvalue weighted by Crippen LogP contribution is -2.59. The highest BCUT2D eigenvalue weighted by Gasteiger charge is 2.30. The lowest BCUT2D eigenvalue weighted by atomic mass is 9.98. The summed E-state index contributed by atoms with van der Waals surface area (Å²) in [5.41, 5.74) is -0.539. The summed E-state index contributed by atoms with van der Waals surface area (Å²) in [5.74, 6) is 0. The molecule has 3 unspecified atom stereocenters. The van der Waals surface area contributed by atoms with Crippen molar-refractivity contribution in [1.29, 1.82) is 0 Å². The van der Waals surface area contributed by atoms with Crippen molar-refractivity contribution in [1.82, 2.24) is 10.2 Å².